The lowest BCUT2D eigenvalue weighted by molar-refractivity contribution is 1.18. The van der Waals surface area contributed by atoms with Gasteiger partial charge in [0.25, 0.3) is 0 Å². The zero-order valence-electron chi connectivity index (χ0n) is 30.5. The first-order chi connectivity index (χ1) is 27.7. The van der Waals surface area contributed by atoms with Gasteiger partial charge in [-0.2, -0.15) is 0 Å². The summed E-state index contributed by atoms with van der Waals surface area (Å²) in [5.74, 6) is 0.686. The number of rotatable bonds is 7. The molecule has 3 nitrogen and oxygen atoms in total. The molecule has 8 aromatic carbocycles. The van der Waals surface area contributed by atoms with Crippen molar-refractivity contribution in [3.05, 3.63) is 212 Å². The lowest BCUT2D eigenvalue weighted by atomic mass is 9.92. The first-order valence-corrected chi connectivity index (χ1v) is 18.9. The van der Waals surface area contributed by atoms with Crippen LogP contribution in [0.2, 0.25) is 0 Å². The highest BCUT2D eigenvalue weighted by Crippen LogP contribution is 2.39. The highest BCUT2D eigenvalue weighted by atomic mass is 14.9. The Balaban J connectivity index is 1.09. The van der Waals surface area contributed by atoms with Crippen molar-refractivity contribution in [2.45, 2.75) is 0 Å². The number of hydrogen-bond acceptors (Lipinski definition) is 3. The number of pyridine rings is 1. The first-order valence-electron chi connectivity index (χ1n) is 18.9. The van der Waals surface area contributed by atoms with Crippen LogP contribution in [0, 0.1) is 0 Å². The summed E-state index contributed by atoms with van der Waals surface area (Å²) in [5.41, 5.74) is 14.8. The summed E-state index contributed by atoms with van der Waals surface area (Å²) < 4.78 is 0. The number of benzene rings is 8. The van der Waals surface area contributed by atoms with Crippen LogP contribution < -0.4 is 0 Å². The van der Waals surface area contributed by atoms with Crippen LogP contribution in [0.4, 0.5) is 0 Å². The lowest BCUT2D eigenvalue weighted by Gasteiger charge is -2.14. The van der Waals surface area contributed by atoms with E-state index in [2.05, 4.69) is 194 Å². The van der Waals surface area contributed by atoms with Crippen LogP contribution in [-0.2, 0) is 0 Å². The lowest BCUT2D eigenvalue weighted by Crippen LogP contribution is -1.96. The van der Waals surface area contributed by atoms with Gasteiger partial charge in [0.05, 0.1) is 22.6 Å². The molecule has 0 radical (unpaired) electrons. The van der Waals surface area contributed by atoms with Crippen molar-refractivity contribution in [2.24, 2.45) is 0 Å². The van der Waals surface area contributed by atoms with Gasteiger partial charge in [0.15, 0.2) is 5.82 Å². The van der Waals surface area contributed by atoms with Gasteiger partial charge in [-0.3, -0.25) is 0 Å². The Bertz CT molecular complexity index is 2980. The van der Waals surface area contributed by atoms with E-state index in [9.17, 15) is 0 Å². The van der Waals surface area contributed by atoms with E-state index >= 15 is 0 Å². The minimum absolute atomic E-state index is 0.686. The predicted molar refractivity (Wildman–Crippen MR) is 233 cm³/mol. The Kier molecular flexibility index (Phi) is 8.51. The van der Waals surface area contributed by atoms with Crippen molar-refractivity contribution in [3.63, 3.8) is 0 Å². The summed E-state index contributed by atoms with van der Waals surface area (Å²) in [6.07, 6.45) is 0. The maximum atomic E-state index is 5.21. The molecule has 10 rings (SSSR count). The van der Waals surface area contributed by atoms with Crippen LogP contribution in [0.15, 0.2) is 212 Å². The molecule has 0 unspecified atom stereocenters. The second-order valence-electron chi connectivity index (χ2n) is 14.0. The standard InChI is InChI=1S/C53H35N3/c1-5-14-36(15-6-1)37-24-27-42(28-25-37)51-35-50(41-20-11-4-12-21-41)55-53(56-51)45-23-13-22-43(32-45)44-29-26-39-30-31-48-52(46(39)33-44)47(38-16-7-2-8-17-38)34-49(54-48)40-18-9-3-10-19-40/h1-35H. The maximum absolute atomic E-state index is 5.21. The molecule has 0 fully saturated rings. The average Bonchev–Trinajstić information content (AvgIpc) is 3.29. The van der Waals surface area contributed by atoms with E-state index in [0.29, 0.717) is 5.82 Å². The third-order valence-corrected chi connectivity index (χ3v) is 10.5. The molecule has 0 saturated carbocycles. The van der Waals surface area contributed by atoms with Crippen molar-refractivity contribution in [3.8, 4) is 78.5 Å². The third kappa shape index (κ3) is 6.42. The first kappa shape index (κ1) is 33.1. The molecular formula is C53H35N3. The van der Waals surface area contributed by atoms with Gasteiger partial charge in [0, 0.05) is 27.6 Å². The molecule has 2 heterocycles. The second-order valence-corrected chi connectivity index (χ2v) is 14.0. The van der Waals surface area contributed by atoms with Crippen molar-refractivity contribution in [2.75, 3.05) is 0 Å². The molecule has 0 saturated heterocycles. The van der Waals surface area contributed by atoms with E-state index in [0.717, 1.165) is 66.9 Å². The van der Waals surface area contributed by atoms with E-state index in [1.54, 1.807) is 0 Å². The fourth-order valence-corrected chi connectivity index (χ4v) is 7.62. The monoisotopic (exact) mass is 713 g/mol. The van der Waals surface area contributed by atoms with Crippen molar-refractivity contribution >= 4 is 21.7 Å². The molecular weight excluding hydrogens is 679 g/mol. The number of nitrogens with zero attached hydrogens (tertiary/aromatic N) is 3. The molecule has 0 bridgehead atoms. The summed E-state index contributed by atoms with van der Waals surface area (Å²) >= 11 is 0. The fourth-order valence-electron chi connectivity index (χ4n) is 7.62. The molecule has 0 atom stereocenters. The van der Waals surface area contributed by atoms with Gasteiger partial charge in [0.2, 0.25) is 0 Å². The Labute approximate surface area is 326 Å². The van der Waals surface area contributed by atoms with Gasteiger partial charge in [-0.15, -0.1) is 0 Å². The summed E-state index contributed by atoms with van der Waals surface area (Å²) in [4.78, 5) is 15.5. The molecule has 3 heteroatoms. The molecule has 2 aromatic heterocycles. The third-order valence-electron chi connectivity index (χ3n) is 10.5. The molecule has 10 aromatic rings. The quantitative estimate of drug-likeness (QED) is 0.154. The van der Waals surface area contributed by atoms with E-state index in [1.165, 1.54) is 27.5 Å². The van der Waals surface area contributed by atoms with Crippen LogP contribution in [0.5, 0.6) is 0 Å². The Morgan fingerprint density at radius 3 is 1.36 bits per heavy atom. The normalized spacial score (nSPS) is 11.2. The van der Waals surface area contributed by atoms with Crippen LogP contribution in [0.25, 0.3) is 100 Å². The molecule has 0 spiro atoms. The van der Waals surface area contributed by atoms with Gasteiger partial charge in [-0.25, -0.2) is 15.0 Å². The average molecular weight is 714 g/mol. The second kappa shape index (κ2) is 14.4. The van der Waals surface area contributed by atoms with Gasteiger partial charge in [-0.05, 0) is 74.5 Å². The Morgan fingerprint density at radius 1 is 0.268 bits per heavy atom. The smallest absolute Gasteiger partial charge is 0.160 e. The summed E-state index contributed by atoms with van der Waals surface area (Å²) in [6, 6.07) is 74.5. The van der Waals surface area contributed by atoms with E-state index in [1.807, 2.05) is 18.2 Å². The van der Waals surface area contributed by atoms with Crippen LogP contribution in [-0.4, -0.2) is 15.0 Å². The van der Waals surface area contributed by atoms with E-state index in [-0.39, 0.29) is 0 Å². The summed E-state index contributed by atoms with van der Waals surface area (Å²) in [5, 5.41) is 3.49. The van der Waals surface area contributed by atoms with Crippen LogP contribution in [0.1, 0.15) is 0 Å². The van der Waals surface area contributed by atoms with Crippen molar-refractivity contribution in [1.29, 1.82) is 0 Å². The van der Waals surface area contributed by atoms with Gasteiger partial charge in [-0.1, -0.05) is 182 Å². The van der Waals surface area contributed by atoms with Gasteiger partial charge in [0.1, 0.15) is 0 Å². The largest absolute Gasteiger partial charge is 0.248 e. The molecule has 0 aliphatic rings. The van der Waals surface area contributed by atoms with E-state index < -0.39 is 0 Å². The maximum Gasteiger partial charge on any atom is 0.160 e. The Morgan fingerprint density at radius 2 is 0.714 bits per heavy atom. The molecule has 0 aliphatic carbocycles. The topological polar surface area (TPSA) is 38.7 Å². The molecule has 0 N–H and O–H groups in total. The minimum atomic E-state index is 0.686. The zero-order chi connectivity index (χ0) is 37.3. The highest BCUT2D eigenvalue weighted by molar-refractivity contribution is 6.14. The van der Waals surface area contributed by atoms with Gasteiger partial charge < -0.3 is 0 Å². The molecule has 56 heavy (non-hydrogen) atoms. The predicted octanol–water partition coefficient (Wildman–Crippen LogP) is 13.8. The number of fused-ring (bicyclic) bond motifs is 3. The minimum Gasteiger partial charge on any atom is -0.248 e. The number of aromatic nitrogens is 3. The molecule has 0 amide bonds. The van der Waals surface area contributed by atoms with Crippen molar-refractivity contribution in [1.82, 2.24) is 15.0 Å². The van der Waals surface area contributed by atoms with E-state index in [4.69, 9.17) is 15.0 Å². The molecule has 0 aliphatic heterocycles. The number of hydrogen-bond donors (Lipinski definition) is 0. The molecule has 262 valence electrons. The summed E-state index contributed by atoms with van der Waals surface area (Å²) in [7, 11) is 0. The SMILES string of the molecule is c1ccc(-c2ccc(-c3cc(-c4ccccc4)nc(-c4cccc(-c5ccc6ccc7nc(-c8ccccc8)cc(-c8ccccc8)c7c6c5)c4)n3)cc2)cc1. The Hall–Kier alpha value is -7.49. The van der Waals surface area contributed by atoms with Crippen LogP contribution >= 0.6 is 0 Å². The highest BCUT2D eigenvalue weighted by Gasteiger charge is 2.15. The summed E-state index contributed by atoms with van der Waals surface area (Å²) in [6.45, 7) is 0. The van der Waals surface area contributed by atoms with Crippen LogP contribution in [0.3, 0.4) is 0 Å². The van der Waals surface area contributed by atoms with Crippen molar-refractivity contribution < 1.29 is 0 Å². The zero-order valence-corrected chi connectivity index (χ0v) is 30.5. The van der Waals surface area contributed by atoms with Gasteiger partial charge >= 0.3 is 0 Å². The fraction of sp³-hybridized carbons (Fsp3) is 0.